The van der Waals surface area contributed by atoms with E-state index in [0.717, 1.165) is 6.20 Å². The minimum Gasteiger partial charge on any atom is -0.435 e. The molecule has 0 fully saturated rings. The molecule has 96 valence electrons. The Labute approximate surface area is 99.3 Å². The number of aromatic nitrogens is 1. The number of aliphatic hydroxyl groups is 2. The predicted octanol–water partition coefficient (Wildman–Crippen LogP) is 2.04. The standard InChI is InChI=1S/C11H8F3NO3/c12-11(13,14)10(16,17)9-15-6-8(18-9)7-4-2-1-3-5-7/h1-6,16-17H. The van der Waals surface area contributed by atoms with Crippen LogP contribution in [0.3, 0.4) is 0 Å². The van der Waals surface area contributed by atoms with E-state index in [2.05, 4.69) is 4.98 Å². The second kappa shape index (κ2) is 4.11. The van der Waals surface area contributed by atoms with Gasteiger partial charge in [0.15, 0.2) is 5.76 Å². The number of oxazole rings is 1. The summed E-state index contributed by atoms with van der Waals surface area (Å²) in [5.41, 5.74) is 0.481. The van der Waals surface area contributed by atoms with Gasteiger partial charge in [-0.15, -0.1) is 0 Å². The van der Waals surface area contributed by atoms with Crippen molar-refractivity contribution in [1.29, 1.82) is 0 Å². The first-order valence-corrected chi connectivity index (χ1v) is 4.85. The Kier molecular flexibility index (Phi) is 2.88. The van der Waals surface area contributed by atoms with Crippen LogP contribution in [-0.2, 0) is 5.79 Å². The SMILES string of the molecule is OC(O)(c1ncc(-c2ccccc2)o1)C(F)(F)F. The molecule has 2 N–H and O–H groups in total. The summed E-state index contributed by atoms with van der Waals surface area (Å²) < 4.78 is 41.7. The van der Waals surface area contributed by atoms with Crippen molar-refractivity contribution in [3.8, 4) is 11.3 Å². The summed E-state index contributed by atoms with van der Waals surface area (Å²) in [6, 6.07) is 8.22. The Hall–Kier alpha value is -1.86. The third kappa shape index (κ3) is 2.09. The van der Waals surface area contributed by atoms with E-state index < -0.39 is 17.9 Å². The molecule has 0 amide bonds. The van der Waals surface area contributed by atoms with Gasteiger partial charge >= 0.3 is 12.0 Å². The number of alkyl halides is 3. The summed E-state index contributed by atoms with van der Waals surface area (Å²) in [5.74, 6) is -5.30. The molecule has 0 aliphatic heterocycles. The highest BCUT2D eigenvalue weighted by Gasteiger charge is 2.58. The second-order valence-corrected chi connectivity index (χ2v) is 3.57. The smallest absolute Gasteiger partial charge is 0.435 e. The van der Waals surface area contributed by atoms with Crippen molar-refractivity contribution in [3.63, 3.8) is 0 Å². The Morgan fingerprint density at radius 3 is 2.22 bits per heavy atom. The van der Waals surface area contributed by atoms with E-state index in [1.807, 2.05) is 0 Å². The molecule has 1 heterocycles. The highest BCUT2D eigenvalue weighted by atomic mass is 19.4. The monoisotopic (exact) mass is 259 g/mol. The summed E-state index contributed by atoms with van der Waals surface area (Å²) in [6.45, 7) is 0. The molecular weight excluding hydrogens is 251 g/mol. The van der Waals surface area contributed by atoms with Crippen LogP contribution in [0.15, 0.2) is 40.9 Å². The highest BCUT2D eigenvalue weighted by Crippen LogP contribution is 2.37. The zero-order chi connectivity index (χ0) is 13.4. The maximum Gasteiger partial charge on any atom is 0.453 e. The first kappa shape index (κ1) is 12.6. The fourth-order valence-electron chi connectivity index (χ4n) is 1.29. The average molecular weight is 259 g/mol. The van der Waals surface area contributed by atoms with Crippen molar-refractivity contribution >= 4 is 0 Å². The molecule has 2 aromatic rings. The molecule has 7 heteroatoms. The number of nitrogens with zero attached hydrogens (tertiary/aromatic N) is 1. The second-order valence-electron chi connectivity index (χ2n) is 3.57. The lowest BCUT2D eigenvalue weighted by Crippen LogP contribution is -2.42. The highest BCUT2D eigenvalue weighted by molar-refractivity contribution is 5.55. The largest absolute Gasteiger partial charge is 0.453 e. The van der Waals surface area contributed by atoms with Crippen molar-refractivity contribution in [2.24, 2.45) is 0 Å². The lowest BCUT2D eigenvalue weighted by Gasteiger charge is -2.20. The van der Waals surface area contributed by atoms with Gasteiger partial charge in [0.05, 0.1) is 6.20 Å². The van der Waals surface area contributed by atoms with Crippen LogP contribution in [0, 0.1) is 0 Å². The van der Waals surface area contributed by atoms with Gasteiger partial charge in [-0.3, -0.25) is 0 Å². The molecule has 0 aliphatic carbocycles. The molecule has 0 radical (unpaired) electrons. The van der Waals surface area contributed by atoms with E-state index in [-0.39, 0.29) is 5.76 Å². The number of rotatable bonds is 2. The van der Waals surface area contributed by atoms with E-state index in [1.165, 1.54) is 0 Å². The van der Waals surface area contributed by atoms with Crippen molar-refractivity contribution in [3.05, 3.63) is 42.4 Å². The average Bonchev–Trinajstić information content (AvgIpc) is 2.78. The minimum atomic E-state index is -5.29. The van der Waals surface area contributed by atoms with Crippen LogP contribution >= 0.6 is 0 Å². The zero-order valence-electron chi connectivity index (χ0n) is 8.85. The van der Waals surface area contributed by atoms with E-state index in [1.54, 1.807) is 30.3 Å². The Morgan fingerprint density at radius 2 is 1.67 bits per heavy atom. The molecule has 0 saturated heterocycles. The van der Waals surface area contributed by atoms with Gasteiger partial charge in [-0.1, -0.05) is 30.3 Å². The first-order valence-electron chi connectivity index (χ1n) is 4.85. The Morgan fingerprint density at radius 1 is 1.06 bits per heavy atom. The molecule has 0 bridgehead atoms. The molecule has 0 spiro atoms. The molecule has 0 unspecified atom stereocenters. The minimum absolute atomic E-state index is 0.0160. The van der Waals surface area contributed by atoms with Gasteiger partial charge in [0, 0.05) is 5.56 Å². The molecule has 0 atom stereocenters. The topological polar surface area (TPSA) is 66.5 Å². The molecule has 2 rings (SSSR count). The van der Waals surface area contributed by atoms with Crippen LogP contribution in [0.2, 0.25) is 0 Å². The summed E-state index contributed by atoms with van der Waals surface area (Å²) in [4.78, 5) is 3.24. The third-order valence-corrected chi connectivity index (χ3v) is 2.26. The first-order chi connectivity index (χ1) is 8.32. The summed E-state index contributed by atoms with van der Waals surface area (Å²) in [7, 11) is 0. The van der Waals surface area contributed by atoms with Gasteiger partial charge in [0.1, 0.15) is 0 Å². The quantitative estimate of drug-likeness (QED) is 0.810. The Bertz CT molecular complexity index is 534. The lowest BCUT2D eigenvalue weighted by atomic mass is 10.2. The van der Waals surface area contributed by atoms with Gasteiger partial charge in [0.25, 0.3) is 5.89 Å². The van der Waals surface area contributed by atoms with Crippen molar-refractivity contribution in [1.82, 2.24) is 4.98 Å². The fraction of sp³-hybridized carbons (Fsp3) is 0.182. The number of hydrogen-bond donors (Lipinski definition) is 2. The molecular formula is C11H8F3NO3. The zero-order valence-corrected chi connectivity index (χ0v) is 8.85. The van der Waals surface area contributed by atoms with Crippen LogP contribution in [0.1, 0.15) is 5.89 Å². The van der Waals surface area contributed by atoms with E-state index in [9.17, 15) is 13.2 Å². The molecule has 1 aromatic heterocycles. The summed E-state index contributed by atoms with van der Waals surface area (Å²) in [6.07, 6.45) is -4.29. The fourth-order valence-corrected chi connectivity index (χ4v) is 1.29. The van der Waals surface area contributed by atoms with Crippen LogP contribution < -0.4 is 0 Å². The van der Waals surface area contributed by atoms with Crippen molar-refractivity contribution in [2.75, 3.05) is 0 Å². The summed E-state index contributed by atoms with van der Waals surface area (Å²) in [5, 5.41) is 17.9. The number of benzene rings is 1. The maximum atomic E-state index is 12.3. The lowest BCUT2D eigenvalue weighted by molar-refractivity contribution is -0.366. The van der Waals surface area contributed by atoms with E-state index in [0.29, 0.717) is 5.56 Å². The van der Waals surface area contributed by atoms with Crippen molar-refractivity contribution in [2.45, 2.75) is 12.0 Å². The molecule has 0 saturated carbocycles. The number of hydrogen-bond acceptors (Lipinski definition) is 4. The predicted molar refractivity (Wildman–Crippen MR) is 54.1 cm³/mol. The number of halogens is 3. The van der Waals surface area contributed by atoms with Gasteiger partial charge in [-0.2, -0.15) is 13.2 Å². The molecule has 4 nitrogen and oxygen atoms in total. The molecule has 0 aliphatic rings. The van der Waals surface area contributed by atoms with E-state index in [4.69, 9.17) is 14.6 Å². The molecule has 1 aromatic carbocycles. The van der Waals surface area contributed by atoms with E-state index >= 15 is 0 Å². The van der Waals surface area contributed by atoms with Crippen LogP contribution in [0.4, 0.5) is 13.2 Å². The van der Waals surface area contributed by atoms with Gasteiger partial charge in [-0.05, 0) is 0 Å². The third-order valence-electron chi connectivity index (χ3n) is 2.26. The van der Waals surface area contributed by atoms with Gasteiger partial charge in [-0.25, -0.2) is 4.98 Å². The van der Waals surface area contributed by atoms with Crippen LogP contribution in [0.25, 0.3) is 11.3 Å². The molecule has 18 heavy (non-hydrogen) atoms. The van der Waals surface area contributed by atoms with Gasteiger partial charge in [0.2, 0.25) is 0 Å². The van der Waals surface area contributed by atoms with Gasteiger partial charge < -0.3 is 14.6 Å². The summed E-state index contributed by atoms with van der Waals surface area (Å²) >= 11 is 0. The van der Waals surface area contributed by atoms with Crippen LogP contribution in [-0.4, -0.2) is 21.4 Å². The van der Waals surface area contributed by atoms with Crippen LogP contribution in [0.5, 0.6) is 0 Å². The van der Waals surface area contributed by atoms with Crippen molar-refractivity contribution < 1.29 is 27.8 Å². The maximum absolute atomic E-state index is 12.3. The Balaban J connectivity index is 2.38. The normalized spacial score (nSPS) is 12.7.